The fraction of sp³-hybridized carbons (Fsp3) is 0.421. The van der Waals surface area contributed by atoms with Gasteiger partial charge in [0.15, 0.2) is 5.16 Å². The van der Waals surface area contributed by atoms with E-state index in [-0.39, 0.29) is 11.2 Å². The van der Waals surface area contributed by atoms with E-state index in [2.05, 4.69) is 28.2 Å². The van der Waals surface area contributed by atoms with Gasteiger partial charge in [0.25, 0.3) is 0 Å². The number of rotatable bonds is 3. The summed E-state index contributed by atoms with van der Waals surface area (Å²) in [6.45, 7) is 9.44. The lowest BCUT2D eigenvalue weighted by atomic mass is 10.00. The first-order chi connectivity index (χ1) is 11.5. The highest BCUT2D eigenvalue weighted by Crippen LogP contribution is 2.25. The van der Waals surface area contributed by atoms with E-state index in [1.165, 1.54) is 22.9 Å². The van der Waals surface area contributed by atoms with Gasteiger partial charge in [-0.25, -0.2) is 9.97 Å². The van der Waals surface area contributed by atoms with Gasteiger partial charge in [-0.2, -0.15) is 0 Å². The summed E-state index contributed by atoms with van der Waals surface area (Å²) in [4.78, 5) is 23.8. The molecule has 0 bridgehead atoms. The molecule has 24 heavy (non-hydrogen) atoms. The summed E-state index contributed by atoms with van der Waals surface area (Å²) < 4.78 is 0. The summed E-state index contributed by atoms with van der Waals surface area (Å²) >= 11 is 1.45. The highest BCUT2D eigenvalue weighted by molar-refractivity contribution is 8.00. The minimum absolute atomic E-state index is 0.161. The Bertz CT molecular complexity index is 752. The second-order valence-corrected chi connectivity index (χ2v) is 7.65. The van der Waals surface area contributed by atoms with Gasteiger partial charge in [0.1, 0.15) is 0 Å². The van der Waals surface area contributed by atoms with Gasteiger partial charge in [0.05, 0.1) is 5.25 Å². The van der Waals surface area contributed by atoms with Crippen LogP contribution in [0.3, 0.4) is 0 Å². The molecular formula is C19H23N3OS. The number of aryl methyl sites for hydroxylation is 2. The Hall–Kier alpha value is -1.88. The molecule has 4 nitrogen and oxygen atoms in total. The number of benzene rings is 1. The molecule has 0 radical (unpaired) electrons. The van der Waals surface area contributed by atoms with Gasteiger partial charge in [0, 0.05) is 24.5 Å². The number of hydrogen-bond donors (Lipinski definition) is 0. The van der Waals surface area contributed by atoms with Crippen molar-refractivity contribution in [1.29, 1.82) is 0 Å². The van der Waals surface area contributed by atoms with E-state index in [1.807, 2.05) is 38.7 Å². The highest BCUT2D eigenvalue weighted by Gasteiger charge is 2.26. The maximum absolute atomic E-state index is 12.8. The average molecular weight is 341 g/mol. The topological polar surface area (TPSA) is 46.1 Å². The Kier molecular flexibility index (Phi) is 4.90. The van der Waals surface area contributed by atoms with Gasteiger partial charge < -0.3 is 4.90 Å². The first kappa shape index (κ1) is 17.0. The summed E-state index contributed by atoms with van der Waals surface area (Å²) in [5.74, 6) is 0.161. The Morgan fingerprint density at radius 2 is 1.75 bits per heavy atom. The van der Waals surface area contributed by atoms with Crippen molar-refractivity contribution in [3.8, 4) is 0 Å². The SMILES string of the molecule is Cc1nc(S[C@H](C)C(=O)N2CCc3ccccc3C2)nc(C)c1C. The molecule has 5 heteroatoms. The molecule has 2 heterocycles. The highest BCUT2D eigenvalue weighted by atomic mass is 32.2. The second-order valence-electron chi connectivity index (χ2n) is 6.34. The zero-order chi connectivity index (χ0) is 17.3. The molecule has 0 fully saturated rings. The molecule has 0 aliphatic carbocycles. The zero-order valence-electron chi connectivity index (χ0n) is 14.7. The van der Waals surface area contributed by atoms with Crippen molar-refractivity contribution in [2.75, 3.05) is 6.54 Å². The molecule has 0 spiro atoms. The number of thioether (sulfide) groups is 1. The fourth-order valence-electron chi connectivity index (χ4n) is 2.94. The molecule has 1 aromatic heterocycles. The van der Waals surface area contributed by atoms with Crippen LogP contribution in [-0.4, -0.2) is 32.6 Å². The monoisotopic (exact) mass is 341 g/mol. The van der Waals surface area contributed by atoms with E-state index in [0.29, 0.717) is 11.7 Å². The summed E-state index contributed by atoms with van der Waals surface area (Å²) in [5.41, 5.74) is 5.70. The molecule has 0 N–H and O–H groups in total. The van der Waals surface area contributed by atoms with E-state index in [1.54, 1.807) is 0 Å². The zero-order valence-corrected chi connectivity index (χ0v) is 15.5. The quantitative estimate of drug-likeness (QED) is 0.633. The number of fused-ring (bicyclic) bond motifs is 1. The Morgan fingerprint density at radius 1 is 1.12 bits per heavy atom. The molecule has 1 aromatic carbocycles. The average Bonchev–Trinajstić information content (AvgIpc) is 2.58. The first-order valence-corrected chi connectivity index (χ1v) is 9.17. The number of hydrogen-bond acceptors (Lipinski definition) is 4. The summed E-state index contributed by atoms with van der Waals surface area (Å²) in [6, 6.07) is 8.37. The molecule has 1 aliphatic heterocycles. The summed E-state index contributed by atoms with van der Waals surface area (Å²) in [6.07, 6.45) is 0.929. The van der Waals surface area contributed by atoms with Crippen LogP contribution in [0.2, 0.25) is 0 Å². The fourth-order valence-corrected chi connectivity index (χ4v) is 3.89. The lowest BCUT2D eigenvalue weighted by Crippen LogP contribution is -2.40. The maximum atomic E-state index is 12.8. The molecule has 1 atom stereocenters. The van der Waals surface area contributed by atoms with Gasteiger partial charge in [-0.3, -0.25) is 4.79 Å². The standard InChI is InChI=1S/C19H23N3OS/c1-12-13(2)20-19(21-14(12)3)24-15(4)18(23)22-10-9-16-7-5-6-8-17(16)11-22/h5-8,15H,9-11H2,1-4H3/t15-/m1/s1. The molecule has 1 aliphatic rings. The van der Waals surface area contributed by atoms with Crippen LogP contribution in [0.5, 0.6) is 0 Å². The van der Waals surface area contributed by atoms with Gasteiger partial charge in [-0.05, 0) is 50.8 Å². The van der Waals surface area contributed by atoms with Crippen molar-refractivity contribution in [3.63, 3.8) is 0 Å². The third kappa shape index (κ3) is 3.46. The van der Waals surface area contributed by atoms with Crippen molar-refractivity contribution < 1.29 is 4.79 Å². The minimum Gasteiger partial charge on any atom is -0.337 e. The number of carbonyl (C=O) groups excluding carboxylic acids is 1. The van der Waals surface area contributed by atoms with Crippen LogP contribution in [0.1, 0.15) is 35.0 Å². The first-order valence-electron chi connectivity index (χ1n) is 8.29. The molecule has 0 saturated heterocycles. The maximum Gasteiger partial charge on any atom is 0.236 e. The molecule has 1 amide bonds. The lowest BCUT2D eigenvalue weighted by Gasteiger charge is -2.30. The van der Waals surface area contributed by atoms with Crippen LogP contribution in [0.15, 0.2) is 29.4 Å². The predicted molar refractivity (Wildman–Crippen MR) is 97.1 cm³/mol. The molecule has 0 unspecified atom stereocenters. The minimum atomic E-state index is -0.184. The van der Waals surface area contributed by atoms with E-state index in [0.717, 1.165) is 29.9 Å². The van der Waals surface area contributed by atoms with Crippen LogP contribution in [0, 0.1) is 20.8 Å². The van der Waals surface area contributed by atoms with Crippen molar-refractivity contribution in [2.24, 2.45) is 0 Å². The Morgan fingerprint density at radius 3 is 2.42 bits per heavy atom. The Balaban J connectivity index is 1.70. The summed E-state index contributed by atoms with van der Waals surface area (Å²) in [5, 5.41) is 0.505. The van der Waals surface area contributed by atoms with Crippen LogP contribution >= 0.6 is 11.8 Å². The van der Waals surface area contributed by atoms with Crippen LogP contribution < -0.4 is 0 Å². The normalized spacial score (nSPS) is 15.1. The predicted octanol–water partition coefficient (Wildman–Crippen LogP) is 3.47. The van der Waals surface area contributed by atoms with E-state index < -0.39 is 0 Å². The van der Waals surface area contributed by atoms with Gasteiger partial charge in [-0.1, -0.05) is 36.0 Å². The van der Waals surface area contributed by atoms with Crippen molar-refractivity contribution in [1.82, 2.24) is 14.9 Å². The smallest absolute Gasteiger partial charge is 0.236 e. The van der Waals surface area contributed by atoms with Crippen molar-refractivity contribution in [3.05, 3.63) is 52.3 Å². The largest absolute Gasteiger partial charge is 0.337 e. The van der Waals surface area contributed by atoms with Crippen LogP contribution in [0.25, 0.3) is 0 Å². The summed E-state index contributed by atoms with van der Waals surface area (Å²) in [7, 11) is 0. The third-order valence-electron chi connectivity index (χ3n) is 4.68. The van der Waals surface area contributed by atoms with Crippen LogP contribution in [0.4, 0.5) is 0 Å². The van der Waals surface area contributed by atoms with Gasteiger partial charge >= 0.3 is 0 Å². The Labute approximate surface area is 147 Å². The van der Waals surface area contributed by atoms with Gasteiger partial charge in [-0.15, -0.1) is 0 Å². The van der Waals surface area contributed by atoms with E-state index in [4.69, 9.17) is 0 Å². The van der Waals surface area contributed by atoms with Crippen LogP contribution in [-0.2, 0) is 17.8 Å². The van der Waals surface area contributed by atoms with Gasteiger partial charge in [0.2, 0.25) is 5.91 Å². The lowest BCUT2D eigenvalue weighted by molar-refractivity contribution is -0.131. The second kappa shape index (κ2) is 6.93. The number of nitrogens with zero attached hydrogens (tertiary/aromatic N) is 3. The van der Waals surface area contributed by atoms with Crippen molar-refractivity contribution in [2.45, 2.75) is 51.1 Å². The molecular weight excluding hydrogens is 318 g/mol. The van der Waals surface area contributed by atoms with Crippen molar-refractivity contribution >= 4 is 17.7 Å². The molecule has 0 saturated carbocycles. The molecule has 3 rings (SSSR count). The number of amides is 1. The molecule has 2 aromatic rings. The van der Waals surface area contributed by atoms with E-state index in [9.17, 15) is 4.79 Å². The number of aromatic nitrogens is 2. The molecule has 126 valence electrons. The third-order valence-corrected chi connectivity index (χ3v) is 5.63. The number of carbonyl (C=O) groups is 1. The van der Waals surface area contributed by atoms with E-state index >= 15 is 0 Å².